The second-order valence-electron chi connectivity index (χ2n) is 7.07. The molecule has 1 nitrogen and oxygen atoms in total. The van der Waals surface area contributed by atoms with Gasteiger partial charge < -0.3 is 4.74 Å². The first-order valence-corrected chi connectivity index (χ1v) is 11.3. The molecule has 0 aromatic rings. The van der Waals surface area contributed by atoms with Crippen molar-refractivity contribution in [2.75, 3.05) is 13.2 Å². The Hall–Kier alpha value is 0.497. The first-order valence-electron chi connectivity index (χ1n) is 9.52. The molecule has 0 saturated heterocycles. The second-order valence-corrected chi connectivity index (χ2v) is 11.9. The van der Waals surface area contributed by atoms with Crippen molar-refractivity contribution in [2.45, 2.75) is 94.4 Å². The molecule has 0 aliphatic heterocycles. The molecule has 138 valence electrons. The van der Waals surface area contributed by atoms with E-state index < -0.39 is 3.96 Å². The van der Waals surface area contributed by atoms with E-state index in [1.165, 1.54) is 77.0 Å². The van der Waals surface area contributed by atoms with Crippen LogP contribution in [0.4, 0.5) is 0 Å². The molecule has 0 atom stereocenters. The predicted octanol–water partition coefficient (Wildman–Crippen LogP) is 6.15. The molecule has 0 fully saturated rings. The summed E-state index contributed by atoms with van der Waals surface area (Å²) in [6, 6.07) is 0. The average Bonchev–Trinajstić information content (AvgIpc) is 2.45. The van der Waals surface area contributed by atoms with Crippen molar-refractivity contribution >= 4 is 33.4 Å². The van der Waals surface area contributed by atoms with Gasteiger partial charge in [0.2, 0.25) is 0 Å². The van der Waals surface area contributed by atoms with Gasteiger partial charge in [-0.3, -0.25) is 0 Å². The van der Waals surface area contributed by atoms with Crippen LogP contribution in [0.25, 0.3) is 0 Å². The third kappa shape index (κ3) is 22.5. The molecule has 0 radical (unpaired) electrons. The van der Waals surface area contributed by atoms with Crippen LogP contribution in [0.2, 0.25) is 0 Å². The lowest BCUT2D eigenvalue weighted by Gasteiger charge is -2.12. The summed E-state index contributed by atoms with van der Waals surface area (Å²) in [5, 5.41) is 0. The number of ether oxygens (including phenoxy) is 1. The summed E-state index contributed by atoms with van der Waals surface area (Å²) in [7, 11) is 0.869. The fourth-order valence-electron chi connectivity index (χ4n) is 2.65. The van der Waals surface area contributed by atoms with E-state index in [-0.39, 0.29) is 0 Å². The zero-order valence-electron chi connectivity index (χ0n) is 15.5. The Kier molecular flexibility index (Phi) is 16.3. The fraction of sp³-hybridized carbons (Fsp3) is 0.895. The van der Waals surface area contributed by atoms with Gasteiger partial charge in [-0.15, -0.1) is 23.2 Å². The first kappa shape index (κ1) is 23.5. The van der Waals surface area contributed by atoms with Crippen LogP contribution in [0.15, 0.2) is 12.2 Å². The van der Waals surface area contributed by atoms with Gasteiger partial charge in [-0.25, -0.2) is 0 Å². The zero-order valence-corrected chi connectivity index (χ0v) is 19.0. The number of hydrogen-bond acceptors (Lipinski definition) is 1. The number of unbranched alkanes of at least 4 members (excludes halogenated alkanes) is 11. The van der Waals surface area contributed by atoms with E-state index in [1.807, 2.05) is 6.92 Å². The molecule has 0 spiro atoms. The van der Waals surface area contributed by atoms with Crippen LogP contribution in [0.3, 0.4) is 0 Å². The Labute approximate surface area is 158 Å². The topological polar surface area (TPSA) is 9.23 Å². The quantitative estimate of drug-likeness (QED) is 0.127. The smallest absolute Gasteiger partial charge is 0.0972 e. The number of hydrogen-bond donors (Lipinski definition) is 0. The van der Waals surface area contributed by atoms with E-state index in [0.29, 0.717) is 0 Å². The molecule has 23 heavy (non-hydrogen) atoms. The minimum absolute atomic E-state index is 0.392. The maximum Gasteiger partial charge on any atom is 0.0972 e. The molecule has 0 bridgehead atoms. The van der Waals surface area contributed by atoms with Crippen molar-refractivity contribution in [3.05, 3.63) is 12.2 Å². The van der Waals surface area contributed by atoms with Gasteiger partial charge in [-0.2, -0.15) is 0 Å². The van der Waals surface area contributed by atoms with Crippen molar-refractivity contribution in [2.24, 2.45) is 0 Å². The van der Waals surface area contributed by atoms with Gasteiger partial charge in [0.25, 0.3) is 0 Å². The Morgan fingerprint density at radius 1 is 0.826 bits per heavy atom. The molecule has 0 aliphatic rings. The molecule has 0 aliphatic carbocycles. The van der Waals surface area contributed by atoms with Crippen LogP contribution >= 0.6 is 23.2 Å². The summed E-state index contributed by atoms with van der Waals surface area (Å²) >= 11 is 12.0. The molecule has 0 heterocycles. The molecule has 0 amide bonds. The van der Waals surface area contributed by atoms with E-state index in [1.54, 1.807) is 0 Å². The van der Waals surface area contributed by atoms with Crippen LogP contribution in [-0.2, 0) is 4.74 Å². The molecular formula is C19H38Cl2OSi. The number of rotatable bonds is 17. The third-order valence-electron chi connectivity index (χ3n) is 4.00. The van der Waals surface area contributed by atoms with E-state index in [4.69, 9.17) is 27.9 Å². The highest BCUT2D eigenvalue weighted by atomic mass is 35.5. The van der Waals surface area contributed by atoms with Gasteiger partial charge in [0, 0.05) is 16.8 Å². The summed E-state index contributed by atoms with van der Waals surface area (Å²) < 4.78 is 5.11. The maximum absolute atomic E-state index is 6.02. The van der Waals surface area contributed by atoms with Crippen LogP contribution in [-0.4, -0.2) is 27.4 Å². The largest absolute Gasteiger partial charge is 0.377 e. The molecule has 0 aromatic carbocycles. The summed E-state index contributed by atoms with van der Waals surface area (Å²) in [4.78, 5) is 0. The van der Waals surface area contributed by atoms with Crippen molar-refractivity contribution < 1.29 is 4.74 Å². The minimum atomic E-state index is -0.392. The Bertz CT molecular complexity index is 277. The van der Waals surface area contributed by atoms with E-state index in [2.05, 4.69) is 6.58 Å². The van der Waals surface area contributed by atoms with E-state index in [9.17, 15) is 0 Å². The average molecular weight is 382 g/mol. The molecular weight excluding hydrogens is 343 g/mol. The van der Waals surface area contributed by atoms with Crippen molar-refractivity contribution in [1.82, 2.24) is 0 Å². The fourth-order valence-corrected chi connectivity index (χ4v) is 3.27. The van der Waals surface area contributed by atoms with Crippen LogP contribution in [0, 0.1) is 0 Å². The highest BCUT2D eigenvalue weighted by Crippen LogP contribution is 2.24. The lowest BCUT2D eigenvalue weighted by atomic mass is 10.0. The molecule has 0 aromatic heterocycles. The number of alkyl halides is 2. The van der Waals surface area contributed by atoms with Gasteiger partial charge in [0.1, 0.15) is 0 Å². The van der Waals surface area contributed by atoms with Gasteiger partial charge >= 0.3 is 0 Å². The third-order valence-corrected chi connectivity index (χ3v) is 4.88. The Balaban J connectivity index is 3.04. The maximum atomic E-state index is 6.02. The lowest BCUT2D eigenvalue weighted by molar-refractivity contribution is 0.151. The first-order chi connectivity index (χ1) is 10.9. The Morgan fingerprint density at radius 2 is 1.22 bits per heavy atom. The normalized spacial score (nSPS) is 12.0. The van der Waals surface area contributed by atoms with Crippen molar-refractivity contribution in [3.8, 4) is 0 Å². The highest BCUT2D eigenvalue weighted by molar-refractivity contribution is 6.65. The number of halogens is 2. The monoisotopic (exact) mass is 380 g/mol. The summed E-state index contributed by atoms with van der Waals surface area (Å²) in [6.07, 6.45) is 17.0. The van der Waals surface area contributed by atoms with Crippen LogP contribution < -0.4 is 0 Å². The highest BCUT2D eigenvalue weighted by Gasteiger charge is 2.14. The summed E-state index contributed by atoms with van der Waals surface area (Å²) in [6.45, 7) is 7.46. The lowest BCUT2D eigenvalue weighted by Crippen LogP contribution is -2.11. The van der Waals surface area contributed by atoms with Crippen molar-refractivity contribution in [3.63, 3.8) is 0 Å². The Morgan fingerprint density at radius 3 is 1.61 bits per heavy atom. The van der Waals surface area contributed by atoms with E-state index in [0.717, 1.165) is 35.5 Å². The van der Waals surface area contributed by atoms with Crippen LogP contribution in [0.1, 0.15) is 90.4 Å². The van der Waals surface area contributed by atoms with Gasteiger partial charge in [-0.05, 0) is 19.8 Å². The molecule has 0 rings (SSSR count). The summed E-state index contributed by atoms with van der Waals surface area (Å²) in [5.41, 5.74) is 1.11. The van der Waals surface area contributed by atoms with Gasteiger partial charge in [-0.1, -0.05) is 82.8 Å². The molecule has 0 unspecified atom stereocenters. The molecule has 0 N–H and O–H groups in total. The molecule has 0 saturated carbocycles. The van der Waals surface area contributed by atoms with Gasteiger partial charge in [0.15, 0.2) is 0 Å². The van der Waals surface area contributed by atoms with Gasteiger partial charge in [0.05, 0.1) is 10.6 Å². The van der Waals surface area contributed by atoms with Crippen molar-refractivity contribution in [1.29, 1.82) is 0 Å². The minimum Gasteiger partial charge on any atom is -0.377 e. The predicted molar refractivity (Wildman–Crippen MR) is 110 cm³/mol. The SMILES string of the molecule is C=C(C)COCCCCCCCCCCCCCCC([SiH3])(Cl)Cl. The van der Waals surface area contributed by atoms with E-state index >= 15 is 0 Å². The van der Waals surface area contributed by atoms with Crippen LogP contribution in [0.5, 0.6) is 0 Å². The second kappa shape index (κ2) is 16.0. The molecule has 4 heteroatoms. The standard InChI is InChI=1S/C19H38Cl2OSi/c1-18(2)17-22-16-14-12-10-8-6-4-3-5-7-9-11-13-15-19(20,21)23/h1,3-17H2,2,23H3. The summed E-state index contributed by atoms with van der Waals surface area (Å²) in [5.74, 6) is 0. The zero-order chi connectivity index (χ0) is 17.4.